The molecule has 0 amide bonds. The minimum Gasteiger partial charge on any atom is -0.266 e. The SMILES string of the molecule is C=C(I)[C@H](C)COS(=O)(=O)c1ccc(C)cc1. The van der Waals surface area contributed by atoms with Gasteiger partial charge in [-0.2, -0.15) is 8.42 Å². The van der Waals surface area contributed by atoms with Gasteiger partial charge in [0.2, 0.25) is 0 Å². The van der Waals surface area contributed by atoms with E-state index in [1.54, 1.807) is 24.3 Å². The van der Waals surface area contributed by atoms with Gasteiger partial charge in [0, 0.05) is 5.92 Å². The number of hydrogen-bond donors (Lipinski definition) is 0. The van der Waals surface area contributed by atoms with Crippen LogP contribution in [0.4, 0.5) is 0 Å². The van der Waals surface area contributed by atoms with E-state index in [9.17, 15) is 8.42 Å². The number of halogens is 1. The van der Waals surface area contributed by atoms with E-state index in [1.807, 2.05) is 13.8 Å². The van der Waals surface area contributed by atoms with Crippen LogP contribution in [0.15, 0.2) is 39.3 Å². The third-order valence-electron chi connectivity index (χ3n) is 2.32. The quantitative estimate of drug-likeness (QED) is 0.593. The van der Waals surface area contributed by atoms with Crippen molar-refractivity contribution in [2.75, 3.05) is 6.61 Å². The van der Waals surface area contributed by atoms with Gasteiger partial charge in [-0.25, -0.2) is 0 Å². The van der Waals surface area contributed by atoms with E-state index in [0.29, 0.717) is 0 Å². The maximum absolute atomic E-state index is 11.8. The van der Waals surface area contributed by atoms with Crippen LogP contribution in [-0.4, -0.2) is 15.0 Å². The van der Waals surface area contributed by atoms with Gasteiger partial charge < -0.3 is 0 Å². The monoisotopic (exact) mass is 366 g/mol. The Morgan fingerprint density at radius 3 is 2.41 bits per heavy atom. The van der Waals surface area contributed by atoms with Crippen LogP contribution in [0.1, 0.15) is 12.5 Å². The fourth-order valence-corrected chi connectivity index (χ4v) is 2.22. The third-order valence-corrected chi connectivity index (χ3v) is 4.68. The molecule has 1 aromatic carbocycles. The molecule has 0 aliphatic carbocycles. The summed E-state index contributed by atoms with van der Waals surface area (Å²) in [5.74, 6) is 0.0100. The molecule has 3 nitrogen and oxygen atoms in total. The van der Waals surface area contributed by atoms with Gasteiger partial charge in [-0.05, 0) is 45.2 Å². The molecule has 0 saturated carbocycles. The molecule has 0 bridgehead atoms. The van der Waals surface area contributed by atoms with Crippen molar-refractivity contribution in [1.82, 2.24) is 0 Å². The summed E-state index contributed by atoms with van der Waals surface area (Å²) in [7, 11) is -3.65. The normalized spacial score (nSPS) is 13.4. The van der Waals surface area contributed by atoms with Crippen molar-refractivity contribution in [1.29, 1.82) is 0 Å². The average Bonchev–Trinajstić information content (AvgIpc) is 2.26. The Kier molecular flexibility index (Phi) is 5.15. The highest BCUT2D eigenvalue weighted by Gasteiger charge is 2.16. The molecule has 0 fully saturated rings. The molecule has 1 atom stereocenters. The van der Waals surface area contributed by atoms with Crippen molar-refractivity contribution in [3.8, 4) is 0 Å². The maximum Gasteiger partial charge on any atom is 0.296 e. The summed E-state index contributed by atoms with van der Waals surface area (Å²) >= 11 is 2.07. The largest absolute Gasteiger partial charge is 0.296 e. The second-order valence-corrected chi connectivity index (χ2v) is 6.90. The number of rotatable bonds is 5. The van der Waals surface area contributed by atoms with E-state index in [2.05, 4.69) is 29.2 Å². The molecular weight excluding hydrogens is 351 g/mol. The molecule has 1 rings (SSSR count). The Morgan fingerprint density at radius 2 is 1.94 bits per heavy atom. The van der Waals surface area contributed by atoms with Gasteiger partial charge in [0.25, 0.3) is 10.1 Å². The topological polar surface area (TPSA) is 43.4 Å². The molecule has 0 heterocycles. The number of benzene rings is 1. The zero-order chi connectivity index (χ0) is 13.1. The Hall–Kier alpha value is -0.400. The molecule has 0 aromatic heterocycles. The summed E-state index contributed by atoms with van der Waals surface area (Å²) in [6.07, 6.45) is 0. The predicted molar refractivity (Wildman–Crippen MR) is 76.6 cm³/mol. The highest BCUT2D eigenvalue weighted by atomic mass is 127. The lowest BCUT2D eigenvalue weighted by Crippen LogP contribution is -2.12. The molecule has 0 aliphatic rings. The summed E-state index contributed by atoms with van der Waals surface area (Å²) in [6.45, 7) is 7.65. The fourth-order valence-electron chi connectivity index (χ4n) is 1.06. The summed E-state index contributed by atoms with van der Waals surface area (Å²) in [5.41, 5.74) is 1.01. The highest BCUT2D eigenvalue weighted by Crippen LogP contribution is 2.19. The summed E-state index contributed by atoms with van der Waals surface area (Å²) < 4.78 is 29.5. The molecule has 1 aromatic rings. The number of aryl methyl sites for hydroxylation is 1. The van der Waals surface area contributed by atoms with Crippen LogP contribution in [0.3, 0.4) is 0 Å². The van der Waals surface area contributed by atoms with E-state index < -0.39 is 10.1 Å². The first-order valence-corrected chi connectivity index (χ1v) is 7.62. The van der Waals surface area contributed by atoms with Gasteiger partial charge >= 0.3 is 0 Å². The van der Waals surface area contributed by atoms with Crippen molar-refractivity contribution < 1.29 is 12.6 Å². The summed E-state index contributed by atoms with van der Waals surface area (Å²) in [6, 6.07) is 6.59. The van der Waals surface area contributed by atoms with Gasteiger partial charge in [0.1, 0.15) is 0 Å². The zero-order valence-corrected chi connectivity index (χ0v) is 12.8. The molecule has 0 aliphatic heterocycles. The van der Waals surface area contributed by atoms with E-state index in [0.717, 1.165) is 9.14 Å². The Morgan fingerprint density at radius 1 is 1.41 bits per heavy atom. The van der Waals surface area contributed by atoms with Gasteiger partial charge in [0.15, 0.2) is 0 Å². The van der Waals surface area contributed by atoms with Gasteiger partial charge in [-0.1, -0.05) is 31.2 Å². The van der Waals surface area contributed by atoms with Crippen LogP contribution in [-0.2, 0) is 14.3 Å². The van der Waals surface area contributed by atoms with Crippen LogP contribution < -0.4 is 0 Å². The molecule has 0 saturated heterocycles. The molecule has 0 unspecified atom stereocenters. The van der Waals surface area contributed by atoms with E-state index in [-0.39, 0.29) is 17.4 Å². The van der Waals surface area contributed by atoms with Crippen molar-refractivity contribution in [2.45, 2.75) is 18.7 Å². The molecule has 5 heteroatoms. The standard InChI is InChI=1S/C12H15IO3S/c1-9-4-6-12(7-5-9)17(14,15)16-8-10(2)11(3)13/h4-7,10H,3,8H2,1-2H3/t10-/m1/s1. The zero-order valence-electron chi connectivity index (χ0n) is 9.81. The molecular formula is C12H15IO3S. The van der Waals surface area contributed by atoms with Crippen molar-refractivity contribution in [2.24, 2.45) is 5.92 Å². The lowest BCUT2D eigenvalue weighted by molar-refractivity contribution is 0.288. The maximum atomic E-state index is 11.8. The first-order valence-electron chi connectivity index (χ1n) is 5.13. The van der Waals surface area contributed by atoms with E-state index in [4.69, 9.17) is 4.18 Å². The minimum absolute atomic E-state index is 0.0100. The van der Waals surface area contributed by atoms with Gasteiger partial charge in [-0.15, -0.1) is 0 Å². The number of hydrogen-bond acceptors (Lipinski definition) is 3. The lowest BCUT2D eigenvalue weighted by atomic mass is 10.2. The van der Waals surface area contributed by atoms with Gasteiger partial charge in [0.05, 0.1) is 11.5 Å². The fraction of sp³-hybridized carbons (Fsp3) is 0.333. The van der Waals surface area contributed by atoms with Crippen LogP contribution >= 0.6 is 22.6 Å². The lowest BCUT2D eigenvalue weighted by Gasteiger charge is -2.10. The second kappa shape index (κ2) is 5.97. The first-order chi connectivity index (χ1) is 7.83. The predicted octanol–water partition coefficient (Wildman–Crippen LogP) is 3.29. The highest BCUT2D eigenvalue weighted by molar-refractivity contribution is 14.1. The third kappa shape index (κ3) is 4.40. The van der Waals surface area contributed by atoms with Crippen molar-refractivity contribution in [3.05, 3.63) is 40.0 Å². The van der Waals surface area contributed by atoms with Crippen molar-refractivity contribution >= 4 is 32.7 Å². The van der Waals surface area contributed by atoms with Crippen LogP contribution in [0.5, 0.6) is 0 Å². The van der Waals surface area contributed by atoms with Crippen LogP contribution in [0.2, 0.25) is 0 Å². The average molecular weight is 366 g/mol. The van der Waals surface area contributed by atoms with Crippen molar-refractivity contribution in [3.63, 3.8) is 0 Å². The van der Waals surface area contributed by atoms with E-state index in [1.165, 1.54) is 0 Å². The second-order valence-electron chi connectivity index (χ2n) is 3.90. The first kappa shape index (κ1) is 14.7. The van der Waals surface area contributed by atoms with Gasteiger partial charge in [-0.3, -0.25) is 4.18 Å². The molecule has 0 spiro atoms. The van der Waals surface area contributed by atoms with E-state index >= 15 is 0 Å². The molecule has 17 heavy (non-hydrogen) atoms. The summed E-state index contributed by atoms with van der Waals surface area (Å²) in [5, 5.41) is 0. The molecule has 0 radical (unpaired) electrons. The Bertz CT molecular complexity index is 491. The summed E-state index contributed by atoms with van der Waals surface area (Å²) in [4.78, 5) is 0.189. The Balaban J connectivity index is 2.76. The van der Waals surface area contributed by atoms with Crippen LogP contribution in [0, 0.1) is 12.8 Å². The van der Waals surface area contributed by atoms with Crippen LogP contribution in [0.25, 0.3) is 0 Å². The molecule has 0 N–H and O–H groups in total. The molecule has 94 valence electrons. The Labute approximate surface area is 116 Å². The smallest absolute Gasteiger partial charge is 0.266 e. The minimum atomic E-state index is -3.65.